The van der Waals surface area contributed by atoms with Crippen molar-refractivity contribution < 1.29 is 18.7 Å². The number of carbonyl (C=O) groups is 1. The Morgan fingerprint density at radius 1 is 0.771 bits per heavy atom. The Kier molecular flexibility index (Phi) is 6.14. The fourth-order valence-corrected chi connectivity index (χ4v) is 4.16. The molecule has 0 atom stereocenters. The average molecular weight is 463 g/mol. The van der Waals surface area contributed by atoms with E-state index in [1.54, 1.807) is 37.4 Å². The van der Waals surface area contributed by atoms with Crippen molar-refractivity contribution in [3.8, 4) is 22.6 Å². The van der Waals surface area contributed by atoms with Crippen LogP contribution in [0.1, 0.15) is 17.0 Å². The third-order valence-corrected chi connectivity index (χ3v) is 5.86. The van der Waals surface area contributed by atoms with Crippen LogP contribution in [-0.4, -0.2) is 13.1 Å². The van der Waals surface area contributed by atoms with Gasteiger partial charge in [-0.3, -0.25) is 9.59 Å². The van der Waals surface area contributed by atoms with Crippen LogP contribution in [0.15, 0.2) is 119 Å². The molecule has 0 aliphatic rings. The zero-order chi connectivity index (χ0) is 24.2. The molecule has 5 nitrogen and oxygen atoms in total. The van der Waals surface area contributed by atoms with Crippen molar-refractivity contribution in [1.82, 2.24) is 0 Å². The first-order chi connectivity index (χ1) is 17.2. The zero-order valence-electron chi connectivity index (χ0n) is 19.0. The number of ether oxygens (including phenoxy) is 2. The summed E-state index contributed by atoms with van der Waals surface area (Å²) in [5, 5.41) is 0.385. The summed E-state index contributed by atoms with van der Waals surface area (Å²) in [6.45, 7) is 0. The van der Waals surface area contributed by atoms with E-state index >= 15 is 0 Å². The number of hydrogen-bond acceptors (Lipinski definition) is 5. The van der Waals surface area contributed by atoms with E-state index in [1.165, 1.54) is 6.26 Å². The summed E-state index contributed by atoms with van der Waals surface area (Å²) in [4.78, 5) is 26.5. The van der Waals surface area contributed by atoms with Crippen molar-refractivity contribution in [3.63, 3.8) is 0 Å². The second kappa shape index (κ2) is 9.69. The lowest BCUT2D eigenvalue weighted by Gasteiger charge is -2.17. The standard InChI is InChI=1S/C30H22O5/c1-33-26-15-9-8-14-23(26)25-19-34-27-18-22(16-17-24(27)29(25)31)35-30(32)28(20-10-4-2-5-11-20)21-12-6-3-7-13-21/h2-19,28H,1H3. The summed E-state index contributed by atoms with van der Waals surface area (Å²) in [5.74, 6) is -0.132. The molecule has 0 bridgehead atoms. The molecule has 4 aromatic carbocycles. The average Bonchev–Trinajstić information content (AvgIpc) is 2.90. The zero-order valence-corrected chi connectivity index (χ0v) is 19.0. The van der Waals surface area contributed by atoms with Gasteiger partial charge < -0.3 is 13.9 Å². The van der Waals surface area contributed by atoms with Gasteiger partial charge in [0, 0.05) is 11.6 Å². The van der Waals surface area contributed by atoms with Crippen LogP contribution in [-0.2, 0) is 4.79 Å². The number of para-hydroxylation sites is 1. The highest BCUT2D eigenvalue weighted by Crippen LogP contribution is 2.31. The highest BCUT2D eigenvalue weighted by atomic mass is 16.5. The van der Waals surface area contributed by atoms with E-state index in [4.69, 9.17) is 13.9 Å². The maximum absolute atomic E-state index is 13.3. The maximum atomic E-state index is 13.3. The molecule has 0 unspecified atom stereocenters. The predicted octanol–water partition coefficient (Wildman–Crippen LogP) is 6.21. The summed E-state index contributed by atoms with van der Waals surface area (Å²) in [6.07, 6.45) is 1.41. The van der Waals surface area contributed by atoms with Gasteiger partial charge in [-0.25, -0.2) is 0 Å². The Hall–Kier alpha value is -4.64. The van der Waals surface area contributed by atoms with Crippen molar-refractivity contribution in [3.05, 3.63) is 131 Å². The topological polar surface area (TPSA) is 65.7 Å². The Balaban J connectivity index is 1.48. The van der Waals surface area contributed by atoms with Gasteiger partial charge in [0.25, 0.3) is 0 Å². The Morgan fingerprint density at radius 3 is 2.06 bits per heavy atom. The van der Waals surface area contributed by atoms with Crippen LogP contribution in [0, 0.1) is 0 Å². The van der Waals surface area contributed by atoms with Gasteiger partial charge in [0.15, 0.2) is 0 Å². The van der Waals surface area contributed by atoms with Crippen LogP contribution in [0.2, 0.25) is 0 Å². The van der Waals surface area contributed by atoms with Gasteiger partial charge in [0.2, 0.25) is 5.43 Å². The summed E-state index contributed by atoms with van der Waals surface area (Å²) < 4.78 is 16.9. The van der Waals surface area contributed by atoms with Gasteiger partial charge in [0.1, 0.15) is 29.3 Å². The molecule has 0 N–H and O–H groups in total. The summed E-state index contributed by atoms with van der Waals surface area (Å²) >= 11 is 0. The van der Waals surface area contributed by atoms with Gasteiger partial charge in [0.05, 0.1) is 18.1 Å². The van der Waals surface area contributed by atoms with Gasteiger partial charge in [-0.15, -0.1) is 0 Å². The van der Waals surface area contributed by atoms with Crippen LogP contribution in [0.4, 0.5) is 0 Å². The Bertz CT molecular complexity index is 1500. The number of fused-ring (bicyclic) bond motifs is 1. The number of rotatable bonds is 6. The molecule has 0 aliphatic heterocycles. The first-order valence-electron chi connectivity index (χ1n) is 11.2. The number of methoxy groups -OCH3 is 1. The first-order valence-corrected chi connectivity index (χ1v) is 11.2. The molecule has 0 amide bonds. The molecule has 5 rings (SSSR count). The highest BCUT2D eigenvalue weighted by Gasteiger charge is 2.25. The van der Waals surface area contributed by atoms with E-state index in [2.05, 4.69) is 0 Å². The molecule has 1 aromatic heterocycles. The van der Waals surface area contributed by atoms with Crippen molar-refractivity contribution in [2.45, 2.75) is 5.92 Å². The van der Waals surface area contributed by atoms with E-state index in [-0.39, 0.29) is 5.43 Å². The number of carbonyl (C=O) groups excluding carboxylic acids is 1. The van der Waals surface area contributed by atoms with Crippen molar-refractivity contribution in [2.24, 2.45) is 0 Å². The number of esters is 1. The van der Waals surface area contributed by atoms with Crippen LogP contribution in [0.5, 0.6) is 11.5 Å². The van der Waals surface area contributed by atoms with Gasteiger partial charge >= 0.3 is 5.97 Å². The van der Waals surface area contributed by atoms with Gasteiger partial charge in [-0.1, -0.05) is 78.9 Å². The minimum absolute atomic E-state index is 0.194. The van der Waals surface area contributed by atoms with Gasteiger partial charge in [-0.2, -0.15) is 0 Å². The normalized spacial score (nSPS) is 10.9. The van der Waals surface area contributed by atoms with E-state index in [1.807, 2.05) is 72.8 Å². The summed E-state index contributed by atoms with van der Waals surface area (Å²) in [7, 11) is 1.56. The summed E-state index contributed by atoms with van der Waals surface area (Å²) in [6, 6.07) is 31.0. The number of benzene rings is 4. The van der Waals surface area contributed by atoms with Crippen LogP contribution < -0.4 is 14.9 Å². The predicted molar refractivity (Wildman–Crippen MR) is 135 cm³/mol. The van der Waals surface area contributed by atoms with E-state index in [0.717, 1.165) is 11.1 Å². The maximum Gasteiger partial charge on any atom is 0.323 e. The minimum atomic E-state index is -0.590. The molecule has 5 heteroatoms. The van der Waals surface area contributed by atoms with Crippen molar-refractivity contribution >= 4 is 16.9 Å². The lowest BCUT2D eigenvalue weighted by molar-refractivity contribution is -0.135. The highest BCUT2D eigenvalue weighted by molar-refractivity contribution is 5.87. The fraction of sp³-hybridized carbons (Fsp3) is 0.0667. The third-order valence-electron chi connectivity index (χ3n) is 5.86. The molecule has 0 aliphatic carbocycles. The van der Waals surface area contributed by atoms with Crippen LogP contribution in [0.3, 0.4) is 0 Å². The second-order valence-corrected chi connectivity index (χ2v) is 8.01. The van der Waals surface area contributed by atoms with E-state index < -0.39 is 11.9 Å². The van der Waals surface area contributed by atoms with Crippen LogP contribution >= 0.6 is 0 Å². The fourth-order valence-electron chi connectivity index (χ4n) is 4.16. The third kappa shape index (κ3) is 4.44. The smallest absolute Gasteiger partial charge is 0.323 e. The molecule has 0 saturated carbocycles. The van der Waals surface area contributed by atoms with Crippen molar-refractivity contribution in [1.29, 1.82) is 0 Å². The number of hydrogen-bond donors (Lipinski definition) is 0. The molecule has 172 valence electrons. The second-order valence-electron chi connectivity index (χ2n) is 8.01. The Labute approximate surface area is 202 Å². The molecule has 1 heterocycles. The lowest BCUT2D eigenvalue weighted by atomic mass is 9.91. The molecule has 35 heavy (non-hydrogen) atoms. The Morgan fingerprint density at radius 2 is 1.40 bits per heavy atom. The minimum Gasteiger partial charge on any atom is -0.496 e. The molecule has 0 fully saturated rings. The molecule has 5 aromatic rings. The quantitative estimate of drug-likeness (QED) is 0.222. The largest absolute Gasteiger partial charge is 0.496 e. The molecular weight excluding hydrogens is 440 g/mol. The molecule has 0 radical (unpaired) electrons. The van der Waals surface area contributed by atoms with E-state index in [9.17, 15) is 9.59 Å². The SMILES string of the molecule is COc1ccccc1-c1coc2cc(OC(=O)C(c3ccccc3)c3ccccc3)ccc2c1=O. The monoisotopic (exact) mass is 462 g/mol. The van der Waals surface area contributed by atoms with Crippen LogP contribution in [0.25, 0.3) is 22.1 Å². The van der Waals surface area contributed by atoms with Gasteiger partial charge in [-0.05, 0) is 29.3 Å². The molecular formula is C30H22O5. The molecule has 0 saturated heterocycles. The van der Waals surface area contributed by atoms with Crippen molar-refractivity contribution in [2.75, 3.05) is 7.11 Å². The first kappa shape index (κ1) is 22.2. The molecule has 0 spiro atoms. The summed E-state index contributed by atoms with van der Waals surface area (Å²) in [5.41, 5.74) is 2.84. The lowest BCUT2D eigenvalue weighted by Crippen LogP contribution is -2.20. The van der Waals surface area contributed by atoms with E-state index in [0.29, 0.717) is 33.6 Å².